The van der Waals surface area contributed by atoms with Gasteiger partial charge >= 0.3 is 0 Å². The van der Waals surface area contributed by atoms with E-state index in [1.165, 1.54) is 0 Å². The highest BCUT2D eigenvalue weighted by molar-refractivity contribution is 5.82. The van der Waals surface area contributed by atoms with Crippen molar-refractivity contribution in [2.24, 2.45) is 11.3 Å². The largest absolute Gasteiger partial charge is 0.465 e. The molecule has 3 heterocycles. The third-order valence-electron chi connectivity index (χ3n) is 5.94. The first-order valence-corrected chi connectivity index (χ1v) is 9.60. The Morgan fingerprint density at radius 3 is 2.85 bits per heavy atom. The van der Waals surface area contributed by atoms with Gasteiger partial charge in [0.25, 0.3) is 0 Å². The molecule has 2 fully saturated rings. The summed E-state index contributed by atoms with van der Waals surface area (Å²) in [5.74, 6) is 2.45. The van der Waals surface area contributed by atoms with Gasteiger partial charge in [-0.2, -0.15) is 0 Å². The number of aryl methyl sites for hydroxylation is 1. The van der Waals surface area contributed by atoms with Gasteiger partial charge in [-0.15, -0.1) is 0 Å². The fourth-order valence-electron chi connectivity index (χ4n) is 4.20. The van der Waals surface area contributed by atoms with Gasteiger partial charge in [0.1, 0.15) is 11.5 Å². The van der Waals surface area contributed by atoms with Gasteiger partial charge in [0.2, 0.25) is 5.91 Å². The summed E-state index contributed by atoms with van der Waals surface area (Å²) in [4.78, 5) is 19.2. The maximum Gasteiger partial charge on any atom is 0.223 e. The fourth-order valence-corrected chi connectivity index (χ4v) is 4.20. The molecule has 5 nitrogen and oxygen atoms in total. The SMILES string of the molecule is Cc1ccc(CN2CCC3(CC2)CC3C(=O)NCCc2ccccn2)o1. The zero-order chi connectivity index (χ0) is 18.0. The van der Waals surface area contributed by atoms with Crippen LogP contribution in [0.1, 0.15) is 36.5 Å². The summed E-state index contributed by atoms with van der Waals surface area (Å²) >= 11 is 0. The number of carbonyl (C=O) groups is 1. The smallest absolute Gasteiger partial charge is 0.223 e. The lowest BCUT2D eigenvalue weighted by atomic mass is 9.90. The highest BCUT2D eigenvalue weighted by Crippen LogP contribution is 2.59. The highest BCUT2D eigenvalue weighted by Gasteiger charge is 2.58. The van der Waals surface area contributed by atoms with Crippen molar-refractivity contribution in [3.8, 4) is 0 Å². The van der Waals surface area contributed by atoms with E-state index in [9.17, 15) is 4.79 Å². The molecule has 5 heteroatoms. The van der Waals surface area contributed by atoms with Crippen LogP contribution in [0.25, 0.3) is 0 Å². The van der Waals surface area contributed by atoms with Crippen LogP contribution >= 0.6 is 0 Å². The first-order chi connectivity index (χ1) is 12.6. The van der Waals surface area contributed by atoms with Crippen molar-refractivity contribution in [2.45, 2.75) is 39.2 Å². The van der Waals surface area contributed by atoms with Gasteiger partial charge in [0, 0.05) is 30.8 Å². The predicted molar refractivity (Wildman–Crippen MR) is 99.4 cm³/mol. The number of nitrogens with one attached hydrogen (secondary N) is 1. The van der Waals surface area contributed by atoms with Gasteiger partial charge in [0.05, 0.1) is 6.54 Å². The monoisotopic (exact) mass is 353 g/mol. The van der Waals surface area contributed by atoms with Crippen LogP contribution in [0, 0.1) is 18.3 Å². The second-order valence-electron chi connectivity index (χ2n) is 7.77. The molecule has 1 saturated heterocycles. The molecule has 26 heavy (non-hydrogen) atoms. The standard InChI is InChI=1S/C21H27N3O2/c1-16-5-6-18(26-16)15-24-12-8-21(9-13-24)14-19(21)20(25)23-11-7-17-4-2-3-10-22-17/h2-6,10,19H,7-9,11-15H2,1H3,(H,23,25). The molecular formula is C21H27N3O2. The Morgan fingerprint density at radius 2 is 2.15 bits per heavy atom. The van der Waals surface area contributed by atoms with Crippen LogP contribution in [-0.4, -0.2) is 35.4 Å². The molecule has 1 amide bonds. The molecule has 2 aromatic heterocycles. The van der Waals surface area contributed by atoms with Crippen molar-refractivity contribution < 1.29 is 9.21 Å². The van der Waals surface area contributed by atoms with E-state index in [-0.39, 0.29) is 17.2 Å². The molecule has 2 aromatic rings. The number of rotatable bonds is 6. The van der Waals surface area contributed by atoms with Crippen molar-refractivity contribution in [1.29, 1.82) is 0 Å². The lowest BCUT2D eigenvalue weighted by Crippen LogP contribution is -2.37. The van der Waals surface area contributed by atoms with E-state index in [0.29, 0.717) is 6.54 Å². The van der Waals surface area contributed by atoms with Gasteiger partial charge in [-0.1, -0.05) is 6.07 Å². The van der Waals surface area contributed by atoms with Gasteiger partial charge in [-0.05, 0) is 69.0 Å². The van der Waals surface area contributed by atoms with Crippen LogP contribution in [0.3, 0.4) is 0 Å². The summed E-state index contributed by atoms with van der Waals surface area (Å²) in [5.41, 5.74) is 1.28. The minimum atomic E-state index is 0.208. The predicted octanol–water partition coefficient (Wildman–Crippen LogP) is 2.94. The molecule has 1 N–H and O–H groups in total. The van der Waals surface area contributed by atoms with Crippen LogP contribution in [0.15, 0.2) is 40.9 Å². The summed E-state index contributed by atoms with van der Waals surface area (Å²) in [6.07, 6.45) is 5.87. The molecule has 0 radical (unpaired) electrons. The average Bonchev–Trinajstić information content (AvgIpc) is 3.21. The quantitative estimate of drug-likeness (QED) is 0.867. The highest BCUT2D eigenvalue weighted by atomic mass is 16.3. The molecule has 4 rings (SSSR count). The molecule has 2 aliphatic rings. The fraction of sp³-hybridized carbons (Fsp3) is 0.524. The van der Waals surface area contributed by atoms with E-state index >= 15 is 0 Å². The molecule has 138 valence electrons. The molecule has 1 atom stereocenters. The van der Waals surface area contributed by atoms with E-state index in [4.69, 9.17) is 4.42 Å². The van der Waals surface area contributed by atoms with E-state index in [0.717, 1.165) is 62.5 Å². The number of nitrogens with zero attached hydrogens (tertiary/aromatic N) is 2. The first-order valence-electron chi connectivity index (χ1n) is 9.60. The van der Waals surface area contributed by atoms with Crippen LogP contribution < -0.4 is 5.32 Å². The number of hydrogen-bond acceptors (Lipinski definition) is 4. The maximum absolute atomic E-state index is 12.5. The minimum absolute atomic E-state index is 0.208. The normalized spacial score (nSPS) is 21.7. The third kappa shape index (κ3) is 3.83. The average molecular weight is 353 g/mol. The minimum Gasteiger partial charge on any atom is -0.465 e. The van der Waals surface area contributed by atoms with Gasteiger partial charge in [0.15, 0.2) is 0 Å². The lowest BCUT2D eigenvalue weighted by molar-refractivity contribution is -0.123. The number of likely N-dealkylation sites (tertiary alicyclic amines) is 1. The zero-order valence-corrected chi connectivity index (χ0v) is 15.4. The second kappa shape index (κ2) is 7.23. The van der Waals surface area contributed by atoms with E-state index in [1.807, 2.05) is 31.2 Å². The molecule has 1 aliphatic heterocycles. The van der Waals surface area contributed by atoms with Gasteiger partial charge in [-0.3, -0.25) is 14.7 Å². The second-order valence-corrected chi connectivity index (χ2v) is 7.77. The summed E-state index contributed by atoms with van der Waals surface area (Å²) in [5, 5.41) is 3.11. The Kier molecular flexibility index (Phi) is 4.81. The van der Waals surface area contributed by atoms with Crippen LogP contribution in [0.2, 0.25) is 0 Å². The summed E-state index contributed by atoms with van der Waals surface area (Å²) < 4.78 is 5.68. The number of piperidine rings is 1. The van der Waals surface area contributed by atoms with Crippen molar-refractivity contribution in [2.75, 3.05) is 19.6 Å². The number of hydrogen-bond donors (Lipinski definition) is 1. The van der Waals surface area contributed by atoms with Crippen LogP contribution in [-0.2, 0) is 17.8 Å². The molecule has 1 spiro atoms. The number of furan rings is 1. The number of aromatic nitrogens is 1. The molecule has 0 aromatic carbocycles. The van der Waals surface area contributed by atoms with E-state index in [2.05, 4.69) is 21.3 Å². The zero-order valence-electron chi connectivity index (χ0n) is 15.4. The van der Waals surface area contributed by atoms with Crippen molar-refractivity contribution in [1.82, 2.24) is 15.2 Å². The number of amides is 1. The van der Waals surface area contributed by atoms with Gasteiger partial charge < -0.3 is 9.73 Å². The van der Waals surface area contributed by atoms with Gasteiger partial charge in [-0.25, -0.2) is 0 Å². The van der Waals surface area contributed by atoms with Crippen LogP contribution in [0.5, 0.6) is 0 Å². The number of carbonyl (C=O) groups excluding carboxylic acids is 1. The Balaban J connectivity index is 1.20. The van der Waals surface area contributed by atoms with Crippen LogP contribution in [0.4, 0.5) is 0 Å². The molecule has 1 saturated carbocycles. The maximum atomic E-state index is 12.5. The molecule has 0 bridgehead atoms. The Hall–Kier alpha value is -2.14. The molecular weight excluding hydrogens is 326 g/mol. The third-order valence-corrected chi connectivity index (χ3v) is 5.94. The number of pyridine rings is 1. The lowest BCUT2D eigenvalue weighted by Gasteiger charge is -2.32. The summed E-state index contributed by atoms with van der Waals surface area (Å²) in [6, 6.07) is 9.98. The Labute approximate surface area is 154 Å². The van der Waals surface area contributed by atoms with Crippen molar-refractivity contribution in [3.05, 3.63) is 53.7 Å². The Bertz CT molecular complexity index is 748. The summed E-state index contributed by atoms with van der Waals surface area (Å²) in [6.45, 7) is 5.64. The summed E-state index contributed by atoms with van der Waals surface area (Å²) in [7, 11) is 0. The molecule has 1 unspecified atom stereocenters. The molecule has 1 aliphatic carbocycles. The van der Waals surface area contributed by atoms with Crippen molar-refractivity contribution >= 4 is 5.91 Å². The first kappa shape index (κ1) is 17.3. The van der Waals surface area contributed by atoms with E-state index in [1.54, 1.807) is 6.20 Å². The van der Waals surface area contributed by atoms with Crippen molar-refractivity contribution in [3.63, 3.8) is 0 Å². The topological polar surface area (TPSA) is 58.4 Å². The Morgan fingerprint density at radius 1 is 1.31 bits per heavy atom. The van der Waals surface area contributed by atoms with E-state index < -0.39 is 0 Å².